The molecule has 0 aliphatic heterocycles. The highest BCUT2D eigenvalue weighted by Gasteiger charge is 2.51. The summed E-state index contributed by atoms with van der Waals surface area (Å²) < 4.78 is 5.45. The molecule has 0 spiro atoms. The van der Waals surface area contributed by atoms with E-state index in [-0.39, 0.29) is 11.4 Å². The van der Waals surface area contributed by atoms with Gasteiger partial charge in [0.15, 0.2) is 6.10 Å². The summed E-state index contributed by atoms with van der Waals surface area (Å²) >= 11 is 1.39. The zero-order chi connectivity index (χ0) is 18.3. The Balaban J connectivity index is 1.40. The Bertz CT molecular complexity index is 685. The number of rotatable bonds is 5. The third-order valence-corrected chi connectivity index (χ3v) is 6.98. The maximum Gasteiger partial charge on any atom is 0.341 e. The third kappa shape index (κ3) is 3.36. The van der Waals surface area contributed by atoms with Crippen molar-refractivity contribution < 1.29 is 14.3 Å². The van der Waals surface area contributed by atoms with Crippen molar-refractivity contribution in [2.75, 3.05) is 6.26 Å². The Labute approximate surface area is 158 Å². The van der Waals surface area contributed by atoms with Gasteiger partial charge in [0.25, 0.3) is 5.91 Å². The predicted molar refractivity (Wildman–Crippen MR) is 99.9 cm³/mol. The zero-order valence-corrected chi connectivity index (χ0v) is 16.2. The first-order chi connectivity index (χ1) is 12.5. The topological polar surface area (TPSA) is 68.3 Å². The first-order valence-electron chi connectivity index (χ1n) is 9.50. The third-order valence-electron chi connectivity index (χ3n) is 6.26. The summed E-state index contributed by atoms with van der Waals surface area (Å²) in [5.74, 6) is 1.63. The molecule has 1 N–H and O–H groups in total. The first-order valence-corrected chi connectivity index (χ1v) is 10.7. The summed E-state index contributed by atoms with van der Waals surface area (Å²) in [5.41, 5.74) is 0.347. The number of nitrogens with one attached hydrogen (secondary N) is 1. The average Bonchev–Trinajstić information content (AvgIpc) is 2.59. The van der Waals surface area contributed by atoms with Crippen LogP contribution in [0, 0.1) is 17.8 Å². The van der Waals surface area contributed by atoms with Gasteiger partial charge in [-0.05, 0) is 81.6 Å². The molecule has 1 aromatic rings. The lowest BCUT2D eigenvalue weighted by Gasteiger charge is -2.57. The van der Waals surface area contributed by atoms with Crippen LogP contribution < -0.4 is 5.32 Å². The van der Waals surface area contributed by atoms with E-state index >= 15 is 0 Å². The monoisotopic (exact) mass is 374 g/mol. The van der Waals surface area contributed by atoms with Crippen molar-refractivity contribution >= 4 is 23.6 Å². The van der Waals surface area contributed by atoms with Gasteiger partial charge in [0.05, 0.1) is 5.56 Å². The molecular formula is C20H26N2O3S. The van der Waals surface area contributed by atoms with Crippen LogP contribution in [0.5, 0.6) is 0 Å². The van der Waals surface area contributed by atoms with Crippen molar-refractivity contribution in [2.24, 2.45) is 17.8 Å². The Morgan fingerprint density at radius 2 is 1.85 bits per heavy atom. The molecule has 1 aromatic heterocycles. The maximum atomic E-state index is 12.7. The van der Waals surface area contributed by atoms with Crippen molar-refractivity contribution in [3.63, 3.8) is 0 Å². The number of amides is 1. The molecule has 26 heavy (non-hydrogen) atoms. The van der Waals surface area contributed by atoms with Crippen LogP contribution in [0.3, 0.4) is 0 Å². The maximum absolute atomic E-state index is 12.7. The van der Waals surface area contributed by atoms with Crippen LogP contribution in [0.1, 0.15) is 55.8 Å². The zero-order valence-electron chi connectivity index (χ0n) is 15.4. The highest BCUT2D eigenvalue weighted by atomic mass is 32.2. The molecule has 4 fully saturated rings. The van der Waals surface area contributed by atoms with Crippen LogP contribution in [0.2, 0.25) is 0 Å². The molecule has 1 amide bonds. The lowest BCUT2D eigenvalue weighted by atomic mass is 9.53. The van der Waals surface area contributed by atoms with E-state index < -0.39 is 12.1 Å². The van der Waals surface area contributed by atoms with E-state index in [0.717, 1.165) is 37.0 Å². The number of nitrogens with zero attached hydrogens (tertiary/aromatic N) is 1. The fraction of sp³-hybridized carbons (Fsp3) is 0.650. The van der Waals surface area contributed by atoms with Crippen LogP contribution in [0.15, 0.2) is 23.4 Å². The number of esters is 1. The molecule has 0 unspecified atom stereocenters. The fourth-order valence-electron chi connectivity index (χ4n) is 5.61. The molecule has 1 atom stereocenters. The summed E-state index contributed by atoms with van der Waals surface area (Å²) in [6.45, 7) is 1.66. The van der Waals surface area contributed by atoms with Gasteiger partial charge in [0, 0.05) is 11.7 Å². The van der Waals surface area contributed by atoms with Crippen LogP contribution in [-0.4, -0.2) is 34.8 Å². The van der Waals surface area contributed by atoms with E-state index in [1.54, 1.807) is 25.3 Å². The molecule has 5 rings (SSSR count). The number of thioether (sulfide) groups is 1. The molecule has 0 saturated heterocycles. The summed E-state index contributed by atoms with van der Waals surface area (Å²) in [6.07, 6.45) is 9.97. The Kier molecular flexibility index (Phi) is 4.71. The van der Waals surface area contributed by atoms with E-state index in [4.69, 9.17) is 4.74 Å². The van der Waals surface area contributed by atoms with Crippen molar-refractivity contribution in [2.45, 2.75) is 62.1 Å². The van der Waals surface area contributed by atoms with Gasteiger partial charge in [-0.15, -0.1) is 11.8 Å². The number of aromatic nitrogens is 1. The summed E-state index contributed by atoms with van der Waals surface area (Å²) in [4.78, 5) is 29.4. The summed E-state index contributed by atoms with van der Waals surface area (Å²) in [6, 6.07) is 3.39. The molecule has 4 aliphatic rings. The first kappa shape index (κ1) is 17.8. The second-order valence-corrected chi connectivity index (χ2v) is 9.09. The highest BCUT2D eigenvalue weighted by Crippen LogP contribution is 2.55. The molecule has 4 aliphatic carbocycles. The Hall–Kier alpha value is -1.56. The predicted octanol–water partition coefficient (Wildman–Crippen LogP) is 3.43. The van der Waals surface area contributed by atoms with Gasteiger partial charge >= 0.3 is 5.97 Å². The Morgan fingerprint density at radius 3 is 2.42 bits per heavy atom. The molecule has 140 valence electrons. The van der Waals surface area contributed by atoms with Gasteiger partial charge in [0.1, 0.15) is 5.03 Å². The molecule has 6 heteroatoms. The van der Waals surface area contributed by atoms with E-state index in [2.05, 4.69) is 10.3 Å². The molecule has 5 nitrogen and oxygen atoms in total. The normalized spacial score (nSPS) is 32.9. The second kappa shape index (κ2) is 6.87. The molecule has 1 heterocycles. The summed E-state index contributed by atoms with van der Waals surface area (Å²) in [5, 5.41) is 3.89. The average molecular weight is 375 g/mol. The minimum absolute atomic E-state index is 0.0643. The van der Waals surface area contributed by atoms with Crippen molar-refractivity contribution in [1.29, 1.82) is 0 Å². The molecule has 4 bridgehead atoms. The van der Waals surface area contributed by atoms with Crippen molar-refractivity contribution in [1.82, 2.24) is 10.3 Å². The summed E-state index contributed by atoms with van der Waals surface area (Å²) in [7, 11) is 0. The van der Waals surface area contributed by atoms with E-state index in [9.17, 15) is 9.59 Å². The van der Waals surface area contributed by atoms with Gasteiger partial charge in [-0.2, -0.15) is 0 Å². The van der Waals surface area contributed by atoms with E-state index in [1.165, 1.54) is 31.0 Å². The highest BCUT2D eigenvalue weighted by molar-refractivity contribution is 7.98. The molecular weight excluding hydrogens is 348 g/mol. The minimum atomic E-state index is -0.801. The van der Waals surface area contributed by atoms with E-state index in [1.807, 2.05) is 6.26 Å². The Morgan fingerprint density at radius 1 is 1.23 bits per heavy atom. The number of carbonyl (C=O) groups is 2. The number of ether oxygens (including phenoxy) is 1. The number of hydrogen-bond acceptors (Lipinski definition) is 5. The number of pyridine rings is 1. The van der Waals surface area contributed by atoms with Gasteiger partial charge in [-0.1, -0.05) is 0 Å². The second-order valence-electron chi connectivity index (χ2n) is 8.29. The standard InChI is InChI=1S/C20H26N2O3S/c1-12(25-19(24)16-4-3-5-21-18(16)26-2)17(23)22-20-9-13-6-14(10-20)8-15(7-13)11-20/h3-5,12-15H,6-11H2,1-2H3,(H,22,23)/t12-,13?,14?,15?,20?/m1/s1. The van der Waals surface area contributed by atoms with Crippen LogP contribution in [0.25, 0.3) is 0 Å². The molecule has 0 radical (unpaired) electrons. The molecule has 4 saturated carbocycles. The number of hydrogen-bond donors (Lipinski definition) is 1. The van der Waals surface area contributed by atoms with Crippen LogP contribution in [-0.2, 0) is 9.53 Å². The van der Waals surface area contributed by atoms with Gasteiger partial charge in [0.2, 0.25) is 0 Å². The minimum Gasteiger partial charge on any atom is -0.449 e. The quantitative estimate of drug-likeness (QED) is 0.632. The lowest BCUT2D eigenvalue weighted by molar-refractivity contribution is -0.134. The van der Waals surface area contributed by atoms with Gasteiger partial charge < -0.3 is 10.1 Å². The fourth-order valence-corrected chi connectivity index (χ4v) is 6.15. The van der Waals surface area contributed by atoms with E-state index in [0.29, 0.717) is 10.6 Å². The SMILES string of the molecule is CSc1ncccc1C(=O)O[C@H](C)C(=O)NC12CC3CC(CC(C3)C1)C2. The van der Waals surface area contributed by atoms with Crippen molar-refractivity contribution in [3.05, 3.63) is 23.9 Å². The number of carbonyl (C=O) groups excluding carboxylic acids is 2. The van der Waals surface area contributed by atoms with Gasteiger partial charge in [-0.25, -0.2) is 9.78 Å². The van der Waals surface area contributed by atoms with Crippen LogP contribution >= 0.6 is 11.8 Å². The molecule has 0 aromatic carbocycles. The largest absolute Gasteiger partial charge is 0.449 e. The lowest BCUT2D eigenvalue weighted by Crippen LogP contribution is -2.61. The van der Waals surface area contributed by atoms with Crippen molar-refractivity contribution in [3.8, 4) is 0 Å². The van der Waals surface area contributed by atoms with Crippen LogP contribution in [0.4, 0.5) is 0 Å². The smallest absolute Gasteiger partial charge is 0.341 e. The van der Waals surface area contributed by atoms with Gasteiger partial charge in [-0.3, -0.25) is 4.79 Å².